The molecule has 3 rings (SSSR count). The SMILES string of the molecule is CC(C)c1ccc(C2CCCc3cncn32)cc1. The third-order valence-corrected chi connectivity index (χ3v) is 3.98. The molecular weight excluding hydrogens is 220 g/mol. The zero-order valence-corrected chi connectivity index (χ0v) is 11.1. The molecule has 1 aliphatic rings. The molecule has 0 fully saturated rings. The van der Waals surface area contributed by atoms with Gasteiger partial charge in [0, 0.05) is 11.9 Å². The molecule has 0 N–H and O–H groups in total. The first kappa shape index (κ1) is 11.5. The number of fused-ring (bicyclic) bond motifs is 1. The van der Waals surface area contributed by atoms with E-state index >= 15 is 0 Å². The van der Waals surface area contributed by atoms with E-state index in [0.29, 0.717) is 12.0 Å². The van der Waals surface area contributed by atoms with Crippen molar-refractivity contribution in [3.8, 4) is 0 Å². The van der Waals surface area contributed by atoms with Crippen molar-refractivity contribution >= 4 is 0 Å². The average Bonchev–Trinajstić information content (AvgIpc) is 2.87. The van der Waals surface area contributed by atoms with E-state index in [-0.39, 0.29) is 0 Å². The predicted octanol–water partition coefficient (Wildman–Crippen LogP) is 3.93. The molecule has 2 heteroatoms. The number of nitrogens with zero attached hydrogens (tertiary/aromatic N) is 2. The molecule has 0 amide bonds. The highest BCUT2D eigenvalue weighted by Gasteiger charge is 2.20. The molecule has 0 aliphatic carbocycles. The van der Waals surface area contributed by atoms with Crippen molar-refractivity contribution < 1.29 is 0 Å². The molecule has 0 saturated carbocycles. The molecule has 1 aromatic heterocycles. The molecule has 1 unspecified atom stereocenters. The molecule has 18 heavy (non-hydrogen) atoms. The second-order valence-electron chi connectivity index (χ2n) is 5.52. The van der Waals surface area contributed by atoms with Gasteiger partial charge in [0.25, 0.3) is 0 Å². The van der Waals surface area contributed by atoms with E-state index in [0.717, 1.165) is 0 Å². The second-order valence-corrected chi connectivity index (χ2v) is 5.52. The summed E-state index contributed by atoms with van der Waals surface area (Å²) < 4.78 is 2.34. The largest absolute Gasteiger partial charge is 0.327 e. The van der Waals surface area contributed by atoms with Gasteiger partial charge in [-0.15, -0.1) is 0 Å². The van der Waals surface area contributed by atoms with Crippen LogP contribution in [0.15, 0.2) is 36.8 Å². The molecule has 0 bridgehead atoms. The topological polar surface area (TPSA) is 17.8 Å². The lowest BCUT2D eigenvalue weighted by molar-refractivity contribution is 0.457. The fourth-order valence-corrected chi connectivity index (χ4v) is 2.85. The smallest absolute Gasteiger partial charge is 0.0953 e. The molecule has 1 aromatic carbocycles. The van der Waals surface area contributed by atoms with Crippen molar-refractivity contribution in [2.75, 3.05) is 0 Å². The van der Waals surface area contributed by atoms with Crippen LogP contribution >= 0.6 is 0 Å². The Kier molecular flexibility index (Phi) is 2.94. The van der Waals surface area contributed by atoms with E-state index in [4.69, 9.17) is 0 Å². The first-order valence-corrected chi connectivity index (χ1v) is 6.86. The number of hydrogen-bond donors (Lipinski definition) is 0. The van der Waals surface area contributed by atoms with E-state index in [1.54, 1.807) is 0 Å². The number of aryl methyl sites for hydroxylation is 1. The Bertz CT molecular complexity index is 522. The zero-order chi connectivity index (χ0) is 12.5. The summed E-state index contributed by atoms with van der Waals surface area (Å²) in [5, 5.41) is 0. The molecule has 0 spiro atoms. The minimum Gasteiger partial charge on any atom is -0.327 e. The Morgan fingerprint density at radius 3 is 2.72 bits per heavy atom. The summed E-state index contributed by atoms with van der Waals surface area (Å²) in [5.74, 6) is 0.606. The first-order chi connectivity index (χ1) is 8.75. The van der Waals surface area contributed by atoms with E-state index in [9.17, 15) is 0 Å². The third-order valence-electron chi connectivity index (χ3n) is 3.98. The van der Waals surface area contributed by atoms with E-state index in [2.05, 4.69) is 47.7 Å². The Morgan fingerprint density at radius 1 is 1.22 bits per heavy atom. The molecule has 1 atom stereocenters. The van der Waals surface area contributed by atoms with Gasteiger partial charge >= 0.3 is 0 Å². The highest BCUT2D eigenvalue weighted by Crippen LogP contribution is 2.31. The maximum atomic E-state index is 4.29. The summed E-state index contributed by atoms with van der Waals surface area (Å²) in [6, 6.07) is 9.60. The van der Waals surface area contributed by atoms with E-state index < -0.39 is 0 Å². The zero-order valence-electron chi connectivity index (χ0n) is 11.1. The number of aromatic nitrogens is 2. The summed E-state index contributed by atoms with van der Waals surface area (Å²) in [6.45, 7) is 4.48. The second kappa shape index (κ2) is 4.60. The standard InChI is InChI=1S/C16H20N2/c1-12(2)13-6-8-14(9-7-13)16-5-3-4-15-10-17-11-18(15)16/h6-12,16H,3-5H2,1-2H3. The molecule has 0 radical (unpaired) electrons. The Hall–Kier alpha value is -1.57. The summed E-state index contributed by atoms with van der Waals surface area (Å²) in [5.41, 5.74) is 4.21. The minimum absolute atomic E-state index is 0.484. The molecule has 2 aromatic rings. The van der Waals surface area contributed by atoms with E-state index in [1.807, 2.05) is 12.5 Å². The van der Waals surface area contributed by atoms with Gasteiger partial charge in [-0.25, -0.2) is 4.98 Å². The van der Waals surface area contributed by atoms with Crippen LogP contribution in [0.3, 0.4) is 0 Å². The highest BCUT2D eigenvalue weighted by molar-refractivity contribution is 5.28. The van der Waals surface area contributed by atoms with Crippen LogP contribution in [0.5, 0.6) is 0 Å². The van der Waals surface area contributed by atoms with Crippen molar-refractivity contribution in [1.29, 1.82) is 0 Å². The number of rotatable bonds is 2. The monoisotopic (exact) mass is 240 g/mol. The van der Waals surface area contributed by atoms with Crippen LogP contribution in [0, 0.1) is 0 Å². The van der Waals surface area contributed by atoms with Gasteiger partial charge in [-0.1, -0.05) is 38.1 Å². The Morgan fingerprint density at radius 2 is 2.00 bits per heavy atom. The maximum Gasteiger partial charge on any atom is 0.0953 e. The van der Waals surface area contributed by atoms with Crippen LogP contribution in [0.1, 0.15) is 55.5 Å². The molecule has 2 nitrogen and oxygen atoms in total. The van der Waals surface area contributed by atoms with Crippen molar-refractivity contribution in [2.45, 2.75) is 45.1 Å². The fraction of sp³-hybridized carbons (Fsp3) is 0.438. The van der Waals surface area contributed by atoms with Crippen LogP contribution in [-0.2, 0) is 6.42 Å². The fourth-order valence-electron chi connectivity index (χ4n) is 2.85. The lowest BCUT2D eigenvalue weighted by Gasteiger charge is -2.26. The molecule has 0 saturated heterocycles. The summed E-state index contributed by atoms with van der Waals surface area (Å²) in [7, 11) is 0. The quantitative estimate of drug-likeness (QED) is 0.777. The van der Waals surface area contributed by atoms with Gasteiger partial charge in [-0.05, 0) is 36.3 Å². The highest BCUT2D eigenvalue weighted by atomic mass is 15.1. The van der Waals surface area contributed by atoms with Gasteiger partial charge in [0.2, 0.25) is 0 Å². The van der Waals surface area contributed by atoms with Gasteiger partial charge in [0.05, 0.1) is 12.4 Å². The number of imidazole rings is 1. The first-order valence-electron chi connectivity index (χ1n) is 6.86. The van der Waals surface area contributed by atoms with Crippen LogP contribution in [0.2, 0.25) is 0 Å². The van der Waals surface area contributed by atoms with Crippen LogP contribution in [0.25, 0.3) is 0 Å². The Labute approximate surface area is 109 Å². The molecule has 1 aliphatic heterocycles. The summed E-state index contributed by atoms with van der Waals surface area (Å²) in [4.78, 5) is 4.29. The minimum atomic E-state index is 0.484. The van der Waals surface area contributed by atoms with Crippen molar-refractivity contribution in [3.05, 3.63) is 53.6 Å². The van der Waals surface area contributed by atoms with Gasteiger partial charge < -0.3 is 4.57 Å². The summed E-state index contributed by atoms with van der Waals surface area (Å²) in [6.07, 6.45) is 7.65. The lowest BCUT2D eigenvalue weighted by atomic mass is 9.94. The third kappa shape index (κ3) is 1.96. The van der Waals surface area contributed by atoms with Crippen molar-refractivity contribution in [2.24, 2.45) is 0 Å². The number of benzene rings is 1. The predicted molar refractivity (Wildman–Crippen MR) is 73.8 cm³/mol. The molecular formula is C16H20N2. The molecule has 94 valence electrons. The van der Waals surface area contributed by atoms with Crippen LogP contribution in [-0.4, -0.2) is 9.55 Å². The van der Waals surface area contributed by atoms with Crippen LogP contribution < -0.4 is 0 Å². The van der Waals surface area contributed by atoms with Gasteiger partial charge in [0.15, 0.2) is 0 Å². The average molecular weight is 240 g/mol. The maximum absolute atomic E-state index is 4.29. The summed E-state index contributed by atoms with van der Waals surface area (Å²) >= 11 is 0. The normalized spacial score (nSPS) is 18.9. The lowest BCUT2D eigenvalue weighted by Crippen LogP contribution is -2.17. The van der Waals surface area contributed by atoms with Gasteiger partial charge in [0.1, 0.15) is 0 Å². The van der Waals surface area contributed by atoms with Crippen molar-refractivity contribution in [1.82, 2.24) is 9.55 Å². The Balaban J connectivity index is 1.92. The van der Waals surface area contributed by atoms with Crippen LogP contribution in [0.4, 0.5) is 0 Å². The van der Waals surface area contributed by atoms with Gasteiger partial charge in [-0.2, -0.15) is 0 Å². The number of hydrogen-bond acceptors (Lipinski definition) is 1. The van der Waals surface area contributed by atoms with Gasteiger partial charge in [-0.3, -0.25) is 0 Å². The van der Waals surface area contributed by atoms with Crippen molar-refractivity contribution in [3.63, 3.8) is 0 Å². The molecule has 2 heterocycles. The van der Waals surface area contributed by atoms with E-state index in [1.165, 1.54) is 36.1 Å².